The zero-order valence-corrected chi connectivity index (χ0v) is 15.6. The Morgan fingerprint density at radius 3 is 2.67 bits per heavy atom. The highest BCUT2D eigenvalue weighted by Crippen LogP contribution is 2.33. The Kier molecular flexibility index (Phi) is 6.64. The van der Waals surface area contributed by atoms with Gasteiger partial charge < -0.3 is 14.6 Å². The summed E-state index contributed by atoms with van der Waals surface area (Å²) in [5, 5.41) is 9.71. The number of hydrogen-bond acceptors (Lipinski definition) is 4. The van der Waals surface area contributed by atoms with Crippen LogP contribution in [0.2, 0.25) is 0 Å². The van der Waals surface area contributed by atoms with Gasteiger partial charge in [0.2, 0.25) is 0 Å². The molecule has 1 N–H and O–H groups in total. The molecule has 2 rings (SSSR count). The average Bonchev–Trinajstić information content (AvgIpc) is 2.62. The van der Waals surface area contributed by atoms with Crippen LogP contribution in [0.1, 0.15) is 53.9 Å². The van der Waals surface area contributed by atoms with Gasteiger partial charge in [-0.1, -0.05) is 32.1 Å². The Labute approximate surface area is 145 Å². The molecule has 2 aliphatic rings. The van der Waals surface area contributed by atoms with Crippen LogP contribution in [0.5, 0.6) is 0 Å². The van der Waals surface area contributed by atoms with E-state index in [0.29, 0.717) is 12.8 Å². The molecule has 136 valence electrons. The third kappa shape index (κ3) is 4.70. The van der Waals surface area contributed by atoms with E-state index in [9.17, 15) is 9.90 Å². The zero-order chi connectivity index (χ0) is 17.9. The van der Waals surface area contributed by atoms with Crippen molar-refractivity contribution in [3.05, 3.63) is 23.8 Å². The summed E-state index contributed by atoms with van der Waals surface area (Å²) in [6, 6.07) is 0. The SMILES string of the molecule is CC[C@H]1OC(=O)C[C@H]2C=C[C@H](C[C@@H](C)O)[C@H](C)OC2/C(C)=C/[C@H]1C. The summed E-state index contributed by atoms with van der Waals surface area (Å²) in [6.07, 6.45) is 7.67. The Balaban J connectivity index is 2.29. The second-order valence-electron chi connectivity index (χ2n) is 7.47. The number of fused-ring (bicyclic) bond motifs is 1. The Morgan fingerprint density at radius 2 is 2.04 bits per heavy atom. The summed E-state index contributed by atoms with van der Waals surface area (Å²) in [5.41, 5.74) is 1.17. The summed E-state index contributed by atoms with van der Waals surface area (Å²) in [4.78, 5) is 12.3. The predicted octanol–water partition coefficient (Wildman–Crippen LogP) is 3.64. The average molecular weight is 336 g/mol. The van der Waals surface area contributed by atoms with Crippen molar-refractivity contribution < 1.29 is 19.4 Å². The Bertz CT molecular complexity index is 494. The molecule has 2 aliphatic heterocycles. The Hall–Kier alpha value is -1.13. The second-order valence-corrected chi connectivity index (χ2v) is 7.47. The van der Waals surface area contributed by atoms with Gasteiger partial charge in [-0.3, -0.25) is 4.79 Å². The van der Waals surface area contributed by atoms with Crippen molar-refractivity contribution in [3.8, 4) is 0 Å². The predicted molar refractivity (Wildman–Crippen MR) is 94.5 cm³/mol. The van der Waals surface area contributed by atoms with Gasteiger partial charge in [0.25, 0.3) is 0 Å². The molecule has 4 heteroatoms. The molecule has 0 aromatic rings. The van der Waals surface area contributed by atoms with E-state index < -0.39 is 0 Å². The molecule has 0 aliphatic carbocycles. The summed E-state index contributed by atoms with van der Waals surface area (Å²) in [6.45, 7) is 10.1. The Morgan fingerprint density at radius 1 is 1.33 bits per heavy atom. The van der Waals surface area contributed by atoms with Crippen LogP contribution in [0, 0.1) is 17.8 Å². The van der Waals surface area contributed by atoms with Gasteiger partial charge in [-0.25, -0.2) is 0 Å². The van der Waals surface area contributed by atoms with E-state index in [1.165, 1.54) is 5.57 Å². The molecule has 0 amide bonds. The number of rotatable bonds is 3. The first-order valence-electron chi connectivity index (χ1n) is 9.21. The summed E-state index contributed by atoms with van der Waals surface area (Å²) in [7, 11) is 0. The van der Waals surface area contributed by atoms with Gasteiger partial charge in [-0.2, -0.15) is 0 Å². The van der Waals surface area contributed by atoms with Gasteiger partial charge in [0, 0.05) is 17.8 Å². The summed E-state index contributed by atoms with van der Waals surface area (Å²) in [5.74, 6) is 0.168. The molecule has 2 heterocycles. The zero-order valence-electron chi connectivity index (χ0n) is 15.6. The normalized spacial score (nSPS) is 40.9. The molecular formula is C20H32O4. The molecule has 0 aromatic heterocycles. The summed E-state index contributed by atoms with van der Waals surface area (Å²) >= 11 is 0. The first kappa shape index (κ1) is 19.2. The van der Waals surface area contributed by atoms with E-state index in [0.717, 1.165) is 6.42 Å². The molecule has 0 spiro atoms. The molecule has 4 nitrogen and oxygen atoms in total. The number of cyclic esters (lactones) is 1. The van der Waals surface area contributed by atoms with Crippen molar-refractivity contribution in [1.29, 1.82) is 0 Å². The van der Waals surface area contributed by atoms with Crippen molar-refractivity contribution in [2.75, 3.05) is 0 Å². The standard InChI is InChI=1S/C20H32O4/c1-6-18-12(2)9-13(3)20-17(11-19(22)24-18)8-7-16(10-14(4)21)15(5)23-20/h7-9,12,14-18,20-21H,6,10-11H2,1-5H3/b13-9+/t12-,14-,15+,16-,17-,18-,20?/m1/s1. The van der Waals surface area contributed by atoms with Crippen LogP contribution < -0.4 is 0 Å². The molecule has 0 bridgehead atoms. The first-order chi connectivity index (χ1) is 11.3. The lowest BCUT2D eigenvalue weighted by molar-refractivity contribution is -0.152. The molecule has 0 aromatic carbocycles. The highest BCUT2D eigenvalue weighted by Gasteiger charge is 2.34. The van der Waals surface area contributed by atoms with Crippen LogP contribution >= 0.6 is 0 Å². The van der Waals surface area contributed by atoms with E-state index in [-0.39, 0.29) is 48.1 Å². The topological polar surface area (TPSA) is 55.8 Å². The van der Waals surface area contributed by atoms with Gasteiger partial charge >= 0.3 is 5.97 Å². The molecule has 0 saturated carbocycles. The number of carbonyl (C=O) groups excluding carboxylic acids is 1. The van der Waals surface area contributed by atoms with Crippen molar-refractivity contribution >= 4 is 5.97 Å². The van der Waals surface area contributed by atoms with Crippen LogP contribution in [0.25, 0.3) is 0 Å². The maximum Gasteiger partial charge on any atom is 0.306 e. The lowest BCUT2D eigenvalue weighted by Crippen LogP contribution is -2.31. The molecule has 24 heavy (non-hydrogen) atoms. The number of aliphatic hydroxyl groups excluding tert-OH is 1. The lowest BCUT2D eigenvalue weighted by atomic mass is 9.90. The number of carbonyl (C=O) groups is 1. The lowest BCUT2D eigenvalue weighted by Gasteiger charge is -2.28. The molecule has 0 radical (unpaired) electrons. The molecule has 7 atom stereocenters. The minimum atomic E-state index is -0.369. The van der Waals surface area contributed by atoms with Crippen LogP contribution in [0.4, 0.5) is 0 Å². The minimum Gasteiger partial charge on any atom is -0.462 e. The largest absolute Gasteiger partial charge is 0.462 e. The molecular weight excluding hydrogens is 304 g/mol. The van der Waals surface area contributed by atoms with Gasteiger partial charge in [0.15, 0.2) is 0 Å². The number of esters is 1. The van der Waals surface area contributed by atoms with Crippen molar-refractivity contribution in [1.82, 2.24) is 0 Å². The van der Waals surface area contributed by atoms with Gasteiger partial charge in [-0.15, -0.1) is 0 Å². The van der Waals surface area contributed by atoms with E-state index in [4.69, 9.17) is 9.47 Å². The molecule has 1 unspecified atom stereocenters. The van der Waals surface area contributed by atoms with Gasteiger partial charge in [0.05, 0.1) is 24.7 Å². The van der Waals surface area contributed by atoms with Gasteiger partial charge in [-0.05, 0) is 39.2 Å². The first-order valence-corrected chi connectivity index (χ1v) is 9.21. The van der Waals surface area contributed by atoms with E-state index in [1.807, 2.05) is 6.92 Å². The smallest absolute Gasteiger partial charge is 0.306 e. The quantitative estimate of drug-likeness (QED) is 0.631. The third-order valence-electron chi connectivity index (χ3n) is 5.22. The fraction of sp³-hybridized carbons (Fsp3) is 0.750. The van der Waals surface area contributed by atoms with Crippen molar-refractivity contribution in [2.45, 2.75) is 78.3 Å². The fourth-order valence-corrected chi connectivity index (χ4v) is 3.85. The van der Waals surface area contributed by atoms with Gasteiger partial charge in [0.1, 0.15) is 6.10 Å². The summed E-state index contributed by atoms with van der Waals surface area (Å²) < 4.78 is 12.0. The highest BCUT2D eigenvalue weighted by atomic mass is 16.5. The van der Waals surface area contributed by atoms with E-state index >= 15 is 0 Å². The number of aliphatic hydroxyl groups is 1. The van der Waals surface area contributed by atoms with Crippen LogP contribution in [-0.4, -0.2) is 35.5 Å². The maximum atomic E-state index is 12.3. The minimum absolute atomic E-state index is 0.00301. The molecule has 0 saturated heterocycles. The monoisotopic (exact) mass is 336 g/mol. The number of ether oxygens (including phenoxy) is 2. The van der Waals surface area contributed by atoms with E-state index in [2.05, 4.69) is 39.0 Å². The van der Waals surface area contributed by atoms with Crippen LogP contribution in [0.15, 0.2) is 23.8 Å². The van der Waals surface area contributed by atoms with Crippen molar-refractivity contribution in [3.63, 3.8) is 0 Å². The third-order valence-corrected chi connectivity index (χ3v) is 5.22. The highest BCUT2D eigenvalue weighted by molar-refractivity contribution is 5.70. The second kappa shape index (κ2) is 8.30. The number of hydrogen-bond donors (Lipinski definition) is 1. The maximum absolute atomic E-state index is 12.3. The van der Waals surface area contributed by atoms with Crippen LogP contribution in [-0.2, 0) is 14.3 Å². The van der Waals surface area contributed by atoms with E-state index in [1.54, 1.807) is 6.92 Å². The van der Waals surface area contributed by atoms with Crippen LogP contribution in [0.3, 0.4) is 0 Å². The fourth-order valence-electron chi connectivity index (χ4n) is 3.85. The molecule has 0 fully saturated rings. The van der Waals surface area contributed by atoms with Crippen molar-refractivity contribution in [2.24, 2.45) is 17.8 Å².